The van der Waals surface area contributed by atoms with Crippen molar-refractivity contribution in [3.63, 3.8) is 0 Å². The van der Waals surface area contributed by atoms with Gasteiger partial charge in [-0.25, -0.2) is 0 Å². The van der Waals surface area contributed by atoms with Crippen LogP contribution in [0.4, 0.5) is 0 Å². The first-order valence-corrected chi connectivity index (χ1v) is 9.45. The lowest BCUT2D eigenvalue weighted by Gasteiger charge is -2.08. The molecule has 6 nitrogen and oxygen atoms in total. The van der Waals surface area contributed by atoms with E-state index in [1.165, 1.54) is 6.07 Å². The highest BCUT2D eigenvalue weighted by Crippen LogP contribution is 2.25. The molecule has 2 rings (SSSR count). The highest BCUT2D eigenvalue weighted by atomic mass is 16.5. The number of benzene rings is 2. The number of ether oxygens (including phenoxy) is 2. The Bertz CT molecular complexity index is 860. The molecule has 1 N–H and O–H groups in total. The van der Waals surface area contributed by atoms with E-state index >= 15 is 0 Å². The van der Waals surface area contributed by atoms with Crippen molar-refractivity contribution in [2.75, 3.05) is 0 Å². The van der Waals surface area contributed by atoms with Crippen LogP contribution in [0.15, 0.2) is 42.5 Å². The van der Waals surface area contributed by atoms with Crippen LogP contribution >= 0.6 is 0 Å². The molecule has 152 valence electrons. The Balaban J connectivity index is 2.19. The summed E-state index contributed by atoms with van der Waals surface area (Å²) in [4.78, 5) is 33.9. The number of hydrogen-bond donors (Lipinski definition) is 1. The summed E-state index contributed by atoms with van der Waals surface area (Å²) in [7, 11) is 0. The lowest BCUT2D eigenvalue weighted by molar-refractivity contribution is -0.137. The maximum Gasteiger partial charge on any atom is 0.310 e. The van der Waals surface area contributed by atoms with Crippen LogP contribution in [0.5, 0.6) is 11.5 Å². The van der Waals surface area contributed by atoms with E-state index in [0.717, 1.165) is 11.1 Å². The van der Waals surface area contributed by atoms with Crippen molar-refractivity contribution in [1.82, 2.24) is 0 Å². The largest absolute Gasteiger partial charge is 0.481 e. The summed E-state index contributed by atoms with van der Waals surface area (Å²) in [5.41, 5.74) is 2.58. The molecular weight excluding hydrogens is 372 g/mol. The fraction of sp³-hybridized carbons (Fsp3) is 0.261. The van der Waals surface area contributed by atoms with Crippen molar-refractivity contribution < 1.29 is 29.0 Å². The molecule has 0 amide bonds. The van der Waals surface area contributed by atoms with Gasteiger partial charge in [0.05, 0.1) is 0 Å². The third-order valence-electron chi connectivity index (χ3n) is 4.02. The molecule has 0 saturated carbocycles. The molecule has 2 aromatic carbocycles. The number of aryl methyl sites for hydroxylation is 1. The van der Waals surface area contributed by atoms with Gasteiger partial charge in [0.25, 0.3) is 0 Å². The van der Waals surface area contributed by atoms with E-state index in [-0.39, 0.29) is 31.2 Å². The van der Waals surface area contributed by atoms with Crippen molar-refractivity contribution in [2.24, 2.45) is 0 Å². The smallest absolute Gasteiger partial charge is 0.310 e. The van der Waals surface area contributed by atoms with Crippen LogP contribution in [0.1, 0.15) is 49.8 Å². The third-order valence-corrected chi connectivity index (χ3v) is 4.02. The number of carboxylic acid groups (broad SMARTS) is 1. The van der Waals surface area contributed by atoms with Crippen LogP contribution < -0.4 is 9.47 Å². The number of carbonyl (C=O) groups is 3. The molecule has 6 heteroatoms. The summed E-state index contributed by atoms with van der Waals surface area (Å²) in [5.74, 6) is -0.965. The number of carbonyl (C=O) groups excluding carboxylic acids is 2. The van der Waals surface area contributed by atoms with Gasteiger partial charge in [0.15, 0.2) is 0 Å². The zero-order valence-electron chi connectivity index (χ0n) is 16.5. The molecule has 0 atom stereocenters. The van der Waals surface area contributed by atoms with Crippen LogP contribution in [-0.4, -0.2) is 23.0 Å². The van der Waals surface area contributed by atoms with Gasteiger partial charge in [0, 0.05) is 25.3 Å². The van der Waals surface area contributed by atoms with E-state index in [2.05, 4.69) is 0 Å². The Morgan fingerprint density at radius 3 is 1.83 bits per heavy atom. The zero-order chi connectivity index (χ0) is 21.2. The molecule has 0 aromatic heterocycles. The van der Waals surface area contributed by atoms with Crippen LogP contribution in [0.25, 0.3) is 12.2 Å². The van der Waals surface area contributed by atoms with Gasteiger partial charge in [-0.3, -0.25) is 14.4 Å². The first-order valence-electron chi connectivity index (χ1n) is 9.45. The standard InChI is InChI=1S/C23H24O6/c1-3-22(26)28-19-13-18(14-20(15-19)29-23(27)4-2)10-9-16-5-7-17(8-6-16)11-12-21(24)25/h5-10,13-15H,3-4,11-12H2,1-2H3,(H,24,25)/b10-9+. The molecule has 0 unspecified atom stereocenters. The van der Waals surface area contributed by atoms with E-state index in [0.29, 0.717) is 23.5 Å². The van der Waals surface area contributed by atoms with Crippen molar-refractivity contribution in [2.45, 2.75) is 39.5 Å². The van der Waals surface area contributed by atoms with Crippen molar-refractivity contribution in [3.8, 4) is 11.5 Å². The summed E-state index contributed by atoms with van der Waals surface area (Å²) in [6.45, 7) is 3.40. The molecule has 0 spiro atoms. The minimum Gasteiger partial charge on any atom is -0.481 e. The van der Waals surface area contributed by atoms with E-state index in [9.17, 15) is 14.4 Å². The van der Waals surface area contributed by atoms with E-state index in [1.807, 2.05) is 36.4 Å². The topological polar surface area (TPSA) is 89.9 Å². The van der Waals surface area contributed by atoms with Crippen molar-refractivity contribution >= 4 is 30.1 Å². The van der Waals surface area contributed by atoms with Crippen molar-refractivity contribution in [1.29, 1.82) is 0 Å². The first-order chi connectivity index (χ1) is 13.9. The van der Waals surface area contributed by atoms with Gasteiger partial charge in [0.2, 0.25) is 0 Å². The van der Waals surface area contributed by atoms with Gasteiger partial charge < -0.3 is 14.6 Å². The first kappa shape index (κ1) is 21.9. The number of carboxylic acids is 1. The normalized spacial score (nSPS) is 10.7. The minimum absolute atomic E-state index is 0.0950. The average Bonchev–Trinajstić information content (AvgIpc) is 2.71. The molecule has 0 radical (unpaired) electrons. The second-order valence-electron chi connectivity index (χ2n) is 6.36. The lowest BCUT2D eigenvalue weighted by Crippen LogP contribution is -2.08. The quantitative estimate of drug-likeness (QED) is 0.381. The van der Waals surface area contributed by atoms with Gasteiger partial charge in [-0.15, -0.1) is 0 Å². The number of rotatable bonds is 9. The van der Waals surface area contributed by atoms with Gasteiger partial charge in [-0.05, 0) is 35.2 Å². The van der Waals surface area contributed by atoms with Gasteiger partial charge >= 0.3 is 17.9 Å². The van der Waals surface area contributed by atoms with Gasteiger partial charge in [-0.1, -0.05) is 50.3 Å². The highest BCUT2D eigenvalue weighted by molar-refractivity contribution is 5.76. The highest BCUT2D eigenvalue weighted by Gasteiger charge is 2.08. The van der Waals surface area contributed by atoms with Crippen LogP contribution in [0.3, 0.4) is 0 Å². The Hall–Kier alpha value is -3.41. The Kier molecular flexibility index (Phi) is 8.15. The molecular formula is C23H24O6. The summed E-state index contributed by atoms with van der Waals surface area (Å²) >= 11 is 0. The van der Waals surface area contributed by atoms with Crippen molar-refractivity contribution in [3.05, 3.63) is 59.2 Å². The summed E-state index contributed by atoms with van der Waals surface area (Å²) in [5, 5.41) is 8.75. The van der Waals surface area contributed by atoms with E-state index < -0.39 is 5.97 Å². The number of aliphatic carboxylic acids is 1. The predicted octanol–water partition coefficient (Wildman–Crippen LogP) is 4.51. The van der Waals surface area contributed by atoms with Gasteiger partial charge in [0.1, 0.15) is 11.5 Å². The minimum atomic E-state index is -0.822. The predicted molar refractivity (Wildman–Crippen MR) is 110 cm³/mol. The van der Waals surface area contributed by atoms with E-state index in [4.69, 9.17) is 14.6 Å². The summed E-state index contributed by atoms with van der Waals surface area (Å²) < 4.78 is 10.5. The molecule has 0 aliphatic rings. The van der Waals surface area contributed by atoms with Crippen LogP contribution in [0, 0.1) is 0 Å². The van der Waals surface area contributed by atoms with Crippen LogP contribution in [-0.2, 0) is 20.8 Å². The number of hydrogen-bond acceptors (Lipinski definition) is 5. The van der Waals surface area contributed by atoms with Crippen LogP contribution in [0.2, 0.25) is 0 Å². The second-order valence-corrected chi connectivity index (χ2v) is 6.36. The molecule has 0 bridgehead atoms. The monoisotopic (exact) mass is 396 g/mol. The van der Waals surface area contributed by atoms with E-state index in [1.54, 1.807) is 26.0 Å². The molecule has 29 heavy (non-hydrogen) atoms. The third kappa shape index (κ3) is 7.62. The maximum absolute atomic E-state index is 11.6. The Labute approximate surface area is 169 Å². The second kappa shape index (κ2) is 10.8. The van der Waals surface area contributed by atoms with Gasteiger partial charge in [-0.2, -0.15) is 0 Å². The molecule has 0 saturated heterocycles. The molecule has 0 fully saturated rings. The fourth-order valence-corrected chi connectivity index (χ4v) is 2.45. The summed E-state index contributed by atoms with van der Waals surface area (Å²) in [6.07, 6.45) is 4.73. The molecule has 2 aromatic rings. The SMILES string of the molecule is CCC(=O)Oc1cc(/C=C/c2ccc(CCC(=O)O)cc2)cc(OC(=O)CC)c1. The molecule has 0 aliphatic heterocycles. The Morgan fingerprint density at radius 2 is 1.34 bits per heavy atom. The average molecular weight is 396 g/mol. The fourth-order valence-electron chi connectivity index (χ4n) is 2.45. The zero-order valence-corrected chi connectivity index (χ0v) is 16.5. The lowest BCUT2D eigenvalue weighted by atomic mass is 10.1. The Morgan fingerprint density at radius 1 is 0.828 bits per heavy atom. The maximum atomic E-state index is 11.6. The summed E-state index contributed by atoms with van der Waals surface area (Å²) in [6, 6.07) is 12.4. The number of esters is 2. The molecule has 0 heterocycles. The molecule has 0 aliphatic carbocycles.